The van der Waals surface area contributed by atoms with E-state index in [0.717, 1.165) is 25.8 Å². The Kier molecular flexibility index (Phi) is 9.09. The SMILES string of the molecule is CCCNC(CCC)Cc1nc(CCOCC(F)F)no1. The van der Waals surface area contributed by atoms with Crippen molar-refractivity contribution in [2.24, 2.45) is 0 Å². The lowest BCUT2D eigenvalue weighted by Gasteiger charge is -2.15. The van der Waals surface area contributed by atoms with E-state index in [1.54, 1.807) is 0 Å². The molecule has 7 heteroatoms. The second-order valence-electron chi connectivity index (χ2n) is 4.96. The van der Waals surface area contributed by atoms with Crippen molar-refractivity contribution in [3.05, 3.63) is 11.7 Å². The fraction of sp³-hybridized carbons (Fsp3) is 0.857. The predicted molar refractivity (Wildman–Crippen MR) is 75.5 cm³/mol. The minimum atomic E-state index is -2.44. The number of hydrogen-bond acceptors (Lipinski definition) is 5. The van der Waals surface area contributed by atoms with Gasteiger partial charge in [0.1, 0.15) is 6.61 Å². The van der Waals surface area contributed by atoms with Gasteiger partial charge in [-0.05, 0) is 19.4 Å². The van der Waals surface area contributed by atoms with Crippen LogP contribution in [0.5, 0.6) is 0 Å². The van der Waals surface area contributed by atoms with E-state index in [0.29, 0.717) is 30.6 Å². The number of hydrogen-bond donors (Lipinski definition) is 1. The van der Waals surface area contributed by atoms with E-state index in [-0.39, 0.29) is 6.61 Å². The zero-order valence-electron chi connectivity index (χ0n) is 12.8. The van der Waals surface area contributed by atoms with Crippen molar-refractivity contribution in [2.45, 2.75) is 58.4 Å². The summed E-state index contributed by atoms with van der Waals surface area (Å²) >= 11 is 0. The first-order valence-electron chi connectivity index (χ1n) is 7.56. The van der Waals surface area contributed by atoms with E-state index in [1.165, 1.54) is 0 Å². The fourth-order valence-electron chi connectivity index (χ4n) is 1.99. The molecule has 21 heavy (non-hydrogen) atoms. The van der Waals surface area contributed by atoms with Crippen molar-refractivity contribution in [3.63, 3.8) is 0 Å². The molecule has 0 saturated carbocycles. The van der Waals surface area contributed by atoms with E-state index in [4.69, 9.17) is 9.26 Å². The van der Waals surface area contributed by atoms with E-state index in [1.807, 2.05) is 0 Å². The van der Waals surface area contributed by atoms with Crippen LogP contribution in [0.25, 0.3) is 0 Å². The molecule has 1 heterocycles. The van der Waals surface area contributed by atoms with Gasteiger partial charge in [-0.2, -0.15) is 4.98 Å². The van der Waals surface area contributed by atoms with Crippen LogP contribution in [0.4, 0.5) is 8.78 Å². The lowest BCUT2D eigenvalue weighted by molar-refractivity contribution is 0.0182. The van der Waals surface area contributed by atoms with Crippen molar-refractivity contribution in [1.29, 1.82) is 0 Å². The summed E-state index contributed by atoms with van der Waals surface area (Å²) in [5.41, 5.74) is 0. The van der Waals surface area contributed by atoms with Crippen molar-refractivity contribution < 1.29 is 18.0 Å². The molecule has 0 radical (unpaired) electrons. The highest BCUT2D eigenvalue weighted by Crippen LogP contribution is 2.07. The lowest BCUT2D eigenvalue weighted by atomic mass is 10.1. The van der Waals surface area contributed by atoms with Crippen LogP contribution in [0.15, 0.2) is 4.52 Å². The molecule has 1 aromatic heterocycles. The van der Waals surface area contributed by atoms with E-state index >= 15 is 0 Å². The average Bonchev–Trinajstić information content (AvgIpc) is 2.88. The van der Waals surface area contributed by atoms with Gasteiger partial charge >= 0.3 is 0 Å². The van der Waals surface area contributed by atoms with Crippen molar-refractivity contribution in [3.8, 4) is 0 Å². The summed E-state index contributed by atoms with van der Waals surface area (Å²) in [6.45, 7) is 4.85. The molecule has 1 aromatic rings. The first kappa shape index (κ1) is 18.0. The Labute approximate surface area is 124 Å². The molecular weight excluding hydrogens is 280 g/mol. The van der Waals surface area contributed by atoms with Gasteiger partial charge in [0.25, 0.3) is 6.43 Å². The zero-order valence-corrected chi connectivity index (χ0v) is 12.8. The second kappa shape index (κ2) is 10.6. The third kappa shape index (κ3) is 8.06. The molecule has 0 saturated heterocycles. The summed E-state index contributed by atoms with van der Waals surface area (Å²) in [6, 6.07) is 0.332. The number of nitrogens with zero attached hydrogens (tertiary/aromatic N) is 2. The molecule has 0 aromatic carbocycles. The highest BCUT2D eigenvalue weighted by atomic mass is 19.3. The van der Waals surface area contributed by atoms with Gasteiger partial charge in [0.15, 0.2) is 5.82 Å². The summed E-state index contributed by atoms with van der Waals surface area (Å²) in [5.74, 6) is 1.09. The van der Waals surface area contributed by atoms with E-state index in [9.17, 15) is 8.78 Å². The Morgan fingerprint density at radius 1 is 1.29 bits per heavy atom. The normalized spacial score (nSPS) is 13.0. The Balaban J connectivity index is 2.34. The lowest BCUT2D eigenvalue weighted by Crippen LogP contribution is -2.31. The molecule has 5 nitrogen and oxygen atoms in total. The van der Waals surface area contributed by atoms with Gasteiger partial charge < -0.3 is 14.6 Å². The third-order valence-corrected chi connectivity index (χ3v) is 2.97. The van der Waals surface area contributed by atoms with Gasteiger partial charge in [0.2, 0.25) is 5.89 Å². The monoisotopic (exact) mass is 305 g/mol. The van der Waals surface area contributed by atoms with Crippen molar-refractivity contribution >= 4 is 0 Å². The Bertz CT molecular complexity index is 375. The highest BCUT2D eigenvalue weighted by molar-refractivity contribution is 4.90. The maximum Gasteiger partial charge on any atom is 0.261 e. The van der Waals surface area contributed by atoms with Crippen molar-refractivity contribution in [1.82, 2.24) is 15.5 Å². The first-order chi connectivity index (χ1) is 10.2. The van der Waals surface area contributed by atoms with E-state index < -0.39 is 13.0 Å². The summed E-state index contributed by atoms with van der Waals surface area (Å²) in [6.07, 6.45) is 1.86. The van der Waals surface area contributed by atoms with Gasteiger partial charge in [-0.3, -0.25) is 0 Å². The molecule has 1 rings (SSSR count). The standard InChI is InChI=1S/C14H25F2N3O2/c1-3-5-11(17-7-4-2)9-14-18-13(19-21-14)6-8-20-10-12(15)16/h11-12,17H,3-10H2,1-2H3. The number of alkyl halides is 2. The summed E-state index contributed by atoms with van der Waals surface area (Å²) < 4.78 is 33.8. The predicted octanol–water partition coefficient (Wildman–Crippen LogP) is 2.60. The number of rotatable bonds is 12. The molecule has 1 atom stereocenters. The zero-order chi connectivity index (χ0) is 15.5. The minimum Gasteiger partial charge on any atom is -0.375 e. The van der Waals surface area contributed by atoms with Gasteiger partial charge in [-0.15, -0.1) is 0 Å². The fourth-order valence-corrected chi connectivity index (χ4v) is 1.99. The molecule has 0 amide bonds. The van der Waals surface area contributed by atoms with Crippen LogP contribution in [0.2, 0.25) is 0 Å². The number of halogens is 2. The maximum absolute atomic E-state index is 11.9. The summed E-state index contributed by atoms with van der Waals surface area (Å²) in [4.78, 5) is 4.27. The van der Waals surface area contributed by atoms with Gasteiger partial charge in [-0.1, -0.05) is 25.4 Å². The van der Waals surface area contributed by atoms with Gasteiger partial charge in [0, 0.05) is 18.9 Å². The number of aromatic nitrogens is 2. The topological polar surface area (TPSA) is 60.2 Å². The largest absolute Gasteiger partial charge is 0.375 e. The Morgan fingerprint density at radius 2 is 2.10 bits per heavy atom. The van der Waals surface area contributed by atoms with Crippen LogP contribution in [0, 0.1) is 0 Å². The molecule has 0 aliphatic rings. The average molecular weight is 305 g/mol. The third-order valence-electron chi connectivity index (χ3n) is 2.97. The second-order valence-corrected chi connectivity index (χ2v) is 4.96. The molecule has 0 fully saturated rings. The van der Waals surface area contributed by atoms with Crippen LogP contribution in [-0.4, -0.2) is 42.4 Å². The smallest absolute Gasteiger partial charge is 0.261 e. The molecule has 0 spiro atoms. The quantitative estimate of drug-likeness (QED) is 0.602. The molecule has 1 unspecified atom stereocenters. The van der Waals surface area contributed by atoms with Crippen LogP contribution in [-0.2, 0) is 17.6 Å². The molecule has 122 valence electrons. The molecule has 0 aliphatic carbocycles. The summed E-state index contributed by atoms with van der Waals surface area (Å²) in [7, 11) is 0. The number of nitrogens with one attached hydrogen (secondary N) is 1. The van der Waals surface area contributed by atoms with Crippen LogP contribution in [0.3, 0.4) is 0 Å². The maximum atomic E-state index is 11.9. The molecule has 1 N–H and O–H groups in total. The van der Waals surface area contributed by atoms with Crippen LogP contribution < -0.4 is 5.32 Å². The van der Waals surface area contributed by atoms with Gasteiger partial charge in [-0.25, -0.2) is 8.78 Å². The molecule has 0 bridgehead atoms. The first-order valence-corrected chi connectivity index (χ1v) is 7.56. The van der Waals surface area contributed by atoms with E-state index in [2.05, 4.69) is 29.3 Å². The van der Waals surface area contributed by atoms with Crippen LogP contribution in [0.1, 0.15) is 44.8 Å². The van der Waals surface area contributed by atoms with Crippen molar-refractivity contribution in [2.75, 3.05) is 19.8 Å². The van der Waals surface area contributed by atoms with Crippen LogP contribution >= 0.6 is 0 Å². The number of ether oxygens (including phenoxy) is 1. The minimum absolute atomic E-state index is 0.176. The molecular formula is C14H25F2N3O2. The van der Waals surface area contributed by atoms with Gasteiger partial charge in [0.05, 0.1) is 6.61 Å². The molecule has 0 aliphatic heterocycles. The Hall–Kier alpha value is -1.08. The Morgan fingerprint density at radius 3 is 2.76 bits per heavy atom. The highest BCUT2D eigenvalue weighted by Gasteiger charge is 2.13. The summed E-state index contributed by atoms with van der Waals surface area (Å²) in [5, 5.41) is 7.30.